The van der Waals surface area contributed by atoms with Crippen molar-refractivity contribution in [1.29, 1.82) is 0 Å². The van der Waals surface area contributed by atoms with Crippen LogP contribution in [0, 0.1) is 0 Å². The quantitative estimate of drug-likeness (QED) is 0.749. The van der Waals surface area contributed by atoms with Gasteiger partial charge in [0.05, 0.1) is 0 Å². The molecule has 0 saturated carbocycles. The number of hydrogen-bond acceptors (Lipinski definition) is 3. The Bertz CT molecular complexity index is 246. The van der Waals surface area contributed by atoms with Gasteiger partial charge in [-0.2, -0.15) is 0 Å². The average Bonchev–Trinajstić information content (AvgIpc) is 2.37. The molecule has 5 heteroatoms. The summed E-state index contributed by atoms with van der Waals surface area (Å²) >= 11 is 5.66. The molecule has 0 spiro atoms. The number of amides is 1. The largest absolute Gasteiger partial charge is 0.444 e. The van der Waals surface area contributed by atoms with E-state index >= 15 is 0 Å². The number of ether oxygens (including phenoxy) is 1. The topological polar surface area (TPSA) is 32.8 Å². The summed E-state index contributed by atoms with van der Waals surface area (Å²) in [6, 6.07) is 0. The minimum Gasteiger partial charge on any atom is -0.444 e. The molecule has 1 aliphatic rings. The summed E-state index contributed by atoms with van der Waals surface area (Å²) in [5.74, 6) is 0.701. The van der Waals surface area contributed by atoms with E-state index in [1.807, 2.05) is 34.6 Å². The molecule has 0 radical (unpaired) electrons. The molecular formula is C14H29ClN2O2. The van der Waals surface area contributed by atoms with E-state index in [4.69, 9.17) is 16.3 Å². The first-order chi connectivity index (χ1) is 8.92. The van der Waals surface area contributed by atoms with E-state index in [0.29, 0.717) is 5.88 Å². The summed E-state index contributed by atoms with van der Waals surface area (Å²) in [6.07, 6.45) is 0.808. The number of halogens is 1. The van der Waals surface area contributed by atoms with Crippen LogP contribution in [0.5, 0.6) is 0 Å². The van der Waals surface area contributed by atoms with Crippen molar-refractivity contribution in [1.82, 2.24) is 9.80 Å². The lowest BCUT2D eigenvalue weighted by Crippen LogP contribution is -2.50. The first kappa shape index (κ1) is 18.5. The van der Waals surface area contributed by atoms with Crippen LogP contribution in [0.4, 0.5) is 4.79 Å². The molecule has 1 saturated heterocycles. The Morgan fingerprint density at radius 2 is 1.68 bits per heavy atom. The van der Waals surface area contributed by atoms with Crippen molar-refractivity contribution >= 4 is 17.7 Å². The Hall–Kier alpha value is -0.480. The van der Waals surface area contributed by atoms with E-state index in [2.05, 4.69) is 4.90 Å². The Morgan fingerprint density at radius 3 is 2.11 bits per heavy atom. The molecule has 0 atom stereocenters. The summed E-state index contributed by atoms with van der Waals surface area (Å²) in [6.45, 7) is 14.0. The lowest BCUT2D eigenvalue weighted by molar-refractivity contribution is 0.0145. The van der Waals surface area contributed by atoms with E-state index in [0.717, 1.165) is 39.1 Å². The molecule has 4 nitrogen and oxygen atoms in total. The second kappa shape index (κ2) is 9.43. The van der Waals surface area contributed by atoms with Crippen molar-refractivity contribution in [2.75, 3.05) is 38.6 Å². The van der Waals surface area contributed by atoms with Crippen LogP contribution in [0.2, 0.25) is 0 Å². The predicted molar refractivity (Wildman–Crippen MR) is 80.9 cm³/mol. The van der Waals surface area contributed by atoms with Crippen LogP contribution < -0.4 is 0 Å². The van der Waals surface area contributed by atoms with E-state index in [-0.39, 0.29) is 6.09 Å². The van der Waals surface area contributed by atoms with Gasteiger partial charge in [0.2, 0.25) is 0 Å². The van der Waals surface area contributed by atoms with Crippen molar-refractivity contribution in [3.8, 4) is 0 Å². The molecule has 1 aliphatic heterocycles. The van der Waals surface area contributed by atoms with Crippen LogP contribution in [0.15, 0.2) is 0 Å². The summed E-state index contributed by atoms with van der Waals surface area (Å²) in [5.41, 5.74) is -0.410. The Balaban J connectivity index is 0.00000154. The minimum atomic E-state index is -0.410. The van der Waals surface area contributed by atoms with Crippen LogP contribution in [-0.4, -0.2) is 60.1 Å². The smallest absolute Gasteiger partial charge is 0.410 e. The summed E-state index contributed by atoms with van der Waals surface area (Å²) in [7, 11) is 0. The lowest BCUT2D eigenvalue weighted by Gasteiger charge is -2.35. The predicted octanol–water partition coefficient (Wildman–Crippen LogP) is 3.19. The monoisotopic (exact) mass is 292 g/mol. The zero-order valence-electron chi connectivity index (χ0n) is 13.0. The first-order valence-electron chi connectivity index (χ1n) is 7.18. The molecule has 0 aromatic heterocycles. The zero-order chi connectivity index (χ0) is 14.9. The van der Waals surface area contributed by atoms with Gasteiger partial charge in [-0.3, -0.25) is 4.90 Å². The summed E-state index contributed by atoms with van der Waals surface area (Å²) < 4.78 is 5.34. The van der Waals surface area contributed by atoms with Crippen LogP contribution in [-0.2, 0) is 4.74 Å². The molecule has 1 rings (SSSR count). The SMILES string of the molecule is CC.CC(C)(C)OC(=O)N1CCN(CCCCl)CC1. The Labute approximate surface area is 123 Å². The van der Waals surface area contributed by atoms with Gasteiger partial charge < -0.3 is 9.64 Å². The summed E-state index contributed by atoms with van der Waals surface area (Å²) in [4.78, 5) is 15.9. The molecule has 114 valence electrons. The third-order valence-electron chi connectivity index (χ3n) is 2.63. The molecule has 0 unspecified atom stereocenters. The fourth-order valence-corrected chi connectivity index (χ4v) is 1.88. The van der Waals surface area contributed by atoms with Crippen molar-refractivity contribution in [2.24, 2.45) is 0 Å². The van der Waals surface area contributed by atoms with Crippen LogP contribution >= 0.6 is 11.6 Å². The van der Waals surface area contributed by atoms with Gasteiger partial charge in [-0.15, -0.1) is 11.6 Å². The molecular weight excluding hydrogens is 264 g/mol. The Morgan fingerprint density at radius 1 is 1.16 bits per heavy atom. The molecule has 1 amide bonds. The fourth-order valence-electron chi connectivity index (χ4n) is 1.76. The number of piperazine rings is 1. The van der Waals surface area contributed by atoms with Crippen molar-refractivity contribution in [2.45, 2.75) is 46.6 Å². The number of hydrogen-bond donors (Lipinski definition) is 0. The van der Waals surface area contributed by atoms with E-state index in [1.54, 1.807) is 4.90 Å². The Kier molecular flexibility index (Phi) is 9.19. The maximum Gasteiger partial charge on any atom is 0.410 e. The molecule has 0 aliphatic carbocycles. The highest BCUT2D eigenvalue weighted by molar-refractivity contribution is 6.17. The van der Waals surface area contributed by atoms with Gasteiger partial charge in [-0.25, -0.2) is 4.79 Å². The van der Waals surface area contributed by atoms with E-state index in [1.165, 1.54) is 0 Å². The van der Waals surface area contributed by atoms with Crippen molar-refractivity contribution in [3.05, 3.63) is 0 Å². The normalized spacial score (nSPS) is 16.6. The maximum absolute atomic E-state index is 11.8. The van der Waals surface area contributed by atoms with Crippen molar-refractivity contribution in [3.63, 3.8) is 0 Å². The molecule has 1 fully saturated rings. The minimum absolute atomic E-state index is 0.200. The molecule has 0 aromatic rings. The van der Waals surface area contributed by atoms with Gasteiger partial charge >= 0.3 is 6.09 Å². The van der Waals surface area contributed by atoms with Gasteiger partial charge in [0, 0.05) is 32.1 Å². The molecule has 0 N–H and O–H groups in total. The van der Waals surface area contributed by atoms with E-state index in [9.17, 15) is 4.79 Å². The number of alkyl halides is 1. The number of carbonyl (C=O) groups is 1. The molecule has 0 aromatic carbocycles. The fraction of sp³-hybridized carbons (Fsp3) is 0.929. The van der Waals surface area contributed by atoms with Gasteiger partial charge in [0.1, 0.15) is 5.60 Å². The zero-order valence-corrected chi connectivity index (χ0v) is 13.8. The lowest BCUT2D eigenvalue weighted by atomic mass is 10.2. The van der Waals surface area contributed by atoms with Crippen LogP contribution in [0.3, 0.4) is 0 Å². The highest BCUT2D eigenvalue weighted by Gasteiger charge is 2.25. The first-order valence-corrected chi connectivity index (χ1v) is 7.72. The maximum atomic E-state index is 11.8. The number of rotatable bonds is 3. The highest BCUT2D eigenvalue weighted by atomic mass is 35.5. The van der Waals surface area contributed by atoms with Crippen LogP contribution in [0.1, 0.15) is 41.0 Å². The molecule has 19 heavy (non-hydrogen) atoms. The average molecular weight is 293 g/mol. The molecule has 1 heterocycles. The second-order valence-electron chi connectivity index (χ2n) is 5.35. The highest BCUT2D eigenvalue weighted by Crippen LogP contribution is 2.11. The van der Waals surface area contributed by atoms with Gasteiger partial charge in [0.15, 0.2) is 0 Å². The third kappa shape index (κ3) is 8.32. The number of carbonyl (C=O) groups excluding carboxylic acids is 1. The molecule has 0 bridgehead atoms. The third-order valence-corrected chi connectivity index (χ3v) is 2.90. The summed E-state index contributed by atoms with van der Waals surface area (Å²) in [5, 5.41) is 0. The van der Waals surface area contributed by atoms with Gasteiger partial charge in [0.25, 0.3) is 0 Å². The van der Waals surface area contributed by atoms with Gasteiger partial charge in [-0.1, -0.05) is 13.8 Å². The van der Waals surface area contributed by atoms with Gasteiger partial charge in [-0.05, 0) is 33.7 Å². The van der Waals surface area contributed by atoms with Crippen LogP contribution in [0.25, 0.3) is 0 Å². The van der Waals surface area contributed by atoms with E-state index < -0.39 is 5.60 Å². The second-order valence-corrected chi connectivity index (χ2v) is 5.73. The van der Waals surface area contributed by atoms with Crippen molar-refractivity contribution < 1.29 is 9.53 Å². The standard InChI is InChI=1S/C12H23ClN2O2.C2H6/c1-12(2,3)17-11(16)15-9-7-14(8-10-15)6-4-5-13;1-2/h4-10H2,1-3H3;1-2H3. The number of nitrogens with zero attached hydrogens (tertiary/aromatic N) is 2.